The number of halogens is 1. The van der Waals surface area contributed by atoms with Crippen molar-refractivity contribution >= 4 is 22.6 Å². The fraction of sp³-hybridized carbons (Fsp3) is 0.533. The Morgan fingerprint density at radius 3 is 2.67 bits per heavy atom. The highest BCUT2D eigenvalue weighted by atomic mass is 35.5. The molecule has 0 spiro atoms. The third-order valence-electron chi connectivity index (χ3n) is 4.36. The molecule has 0 amide bonds. The Bertz CT molecular complexity index is 561. The highest BCUT2D eigenvalue weighted by Crippen LogP contribution is 2.45. The molecular formula is C15H19ClN2. The summed E-state index contributed by atoms with van der Waals surface area (Å²) in [5, 5.41) is -0.0403. The summed E-state index contributed by atoms with van der Waals surface area (Å²) in [6.07, 6.45) is 4.97. The summed E-state index contributed by atoms with van der Waals surface area (Å²) in [6, 6.07) is 8.38. The van der Waals surface area contributed by atoms with Crippen LogP contribution in [0.15, 0.2) is 24.3 Å². The summed E-state index contributed by atoms with van der Waals surface area (Å²) in [7, 11) is 0. The summed E-state index contributed by atoms with van der Waals surface area (Å²) >= 11 is 6.34. The van der Waals surface area contributed by atoms with Gasteiger partial charge >= 0.3 is 0 Å². The van der Waals surface area contributed by atoms with E-state index in [1.54, 1.807) is 0 Å². The third-order valence-corrected chi connectivity index (χ3v) is 4.55. The highest BCUT2D eigenvalue weighted by Gasteiger charge is 2.40. The largest absolute Gasteiger partial charge is 0.321 e. The van der Waals surface area contributed by atoms with Crippen molar-refractivity contribution in [1.82, 2.24) is 9.55 Å². The molecule has 3 rings (SSSR count). The van der Waals surface area contributed by atoms with E-state index in [2.05, 4.69) is 29.7 Å². The van der Waals surface area contributed by atoms with Gasteiger partial charge < -0.3 is 4.57 Å². The molecule has 1 heterocycles. The number of rotatable bonds is 3. The number of hydrogen-bond donors (Lipinski definition) is 0. The second-order valence-corrected chi connectivity index (χ2v) is 6.00. The molecule has 2 aromatic rings. The van der Waals surface area contributed by atoms with Crippen molar-refractivity contribution in [2.75, 3.05) is 0 Å². The van der Waals surface area contributed by atoms with Crippen molar-refractivity contribution in [3.8, 4) is 0 Å². The predicted molar refractivity (Wildman–Crippen MR) is 76.1 cm³/mol. The molecule has 0 aliphatic heterocycles. The molecule has 1 aliphatic rings. The van der Waals surface area contributed by atoms with Gasteiger partial charge in [-0.1, -0.05) is 19.1 Å². The Kier molecular flexibility index (Phi) is 2.86. The molecule has 1 fully saturated rings. The second kappa shape index (κ2) is 4.27. The Morgan fingerprint density at radius 1 is 1.39 bits per heavy atom. The maximum atomic E-state index is 6.34. The number of alkyl halides is 1. The average Bonchev–Trinajstić information content (AvgIpc) is 2.69. The number of nitrogens with zero attached hydrogens (tertiary/aromatic N) is 2. The zero-order chi connectivity index (χ0) is 12.8. The van der Waals surface area contributed by atoms with Gasteiger partial charge in [-0.05, 0) is 44.7 Å². The smallest absolute Gasteiger partial charge is 0.128 e. The van der Waals surface area contributed by atoms with E-state index in [9.17, 15) is 0 Å². The first kappa shape index (κ1) is 12.0. The van der Waals surface area contributed by atoms with E-state index in [0.717, 1.165) is 17.8 Å². The summed E-state index contributed by atoms with van der Waals surface area (Å²) in [5.74, 6) is 1.03. The van der Waals surface area contributed by atoms with Crippen LogP contribution < -0.4 is 0 Å². The maximum absolute atomic E-state index is 6.34. The van der Waals surface area contributed by atoms with Crippen LogP contribution in [0.1, 0.15) is 50.7 Å². The summed E-state index contributed by atoms with van der Waals surface area (Å²) < 4.78 is 2.42. The molecule has 96 valence electrons. The van der Waals surface area contributed by atoms with Gasteiger partial charge in [0.25, 0.3) is 0 Å². The van der Waals surface area contributed by atoms with Gasteiger partial charge in [-0.25, -0.2) is 4.98 Å². The minimum absolute atomic E-state index is 0.0403. The molecule has 1 aromatic carbocycles. The SMILES string of the molecule is CCC1(n2c(C(C)Cl)nc3ccccc32)CCC1. The van der Waals surface area contributed by atoms with Crippen LogP contribution in [0.3, 0.4) is 0 Å². The highest BCUT2D eigenvalue weighted by molar-refractivity contribution is 6.20. The topological polar surface area (TPSA) is 17.8 Å². The molecule has 1 unspecified atom stereocenters. The van der Waals surface area contributed by atoms with Crippen LogP contribution in [-0.4, -0.2) is 9.55 Å². The Balaban J connectivity index is 2.27. The predicted octanol–water partition coefficient (Wildman–Crippen LogP) is 4.63. The van der Waals surface area contributed by atoms with Crippen molar-refractivity contribution < 1.29 is 0 Å². The lowest BCUT2D eigenvalue weighted by Gasteiger charge is -2.44. The normalized spacial score (nSPS) is 19.7. The molecular weight excluding hydrogens is 244 g/mol. The molecule has 1 atom stereocenters. The first-order valence-electron chi connectivity index (χ1n) is 6.80. The Labute approximate surface area is 113 Å². The van der Waals surface area contributed by atoms with Crippen LogP contribution in [0.2, 0.25) is 0 Å². The lowest BCUT2D eigenvalue weighted by molar-refractivity contribution is 0.137. The van der Waals surface area contributed by atoms with E-state index in [1.807, 2.05) is 13.0 Å². The number of imidazole rings is 1. The molecule has 0 radical (unpaired) electrons. The van der Waals surface area contributed by atoms with Crippen molar-refractivity contribution in [3.05, 3.63) is 30.1 Å². The average molecular weight is 263 g/mol. The lowest BCUT2D eigenvalue weighted by Crippen LogP contribution is -2.41. The molecule has 1 aromatic heterocycles. The summed E-state index contributed by atoms with van der Waals surface area (Å²) in [4.78, 5) is 4.74. The number of aromatic nitrogens is 2. The number of para-hydroxylation sites is 2. The molecule has 1 saturated carbocycles. The molecule has 0 saturated heterocycles. The number of benzene rings is 1. The monoisotopic (exact) mass is 262 g/mol. The van der Waals surface area contributed by atoms with Gasteiger partial charge in [-0.2, -0.15) is 0 Å². The minimum Gasteiger partial charge on any atom is -0.321 e. The van der Waals surface area contributed by atoms with E-state index in [-0.39, 0.29) is 10.9 Å². The van der Waals surface area contributed by atoms with Gasteiger partial charge in [0, 0.05) is 5.54 Å². The van der Waals surface area contributed by atoms with Gasteiger partial charge in [-0.15, -0.1) is 11.6 Å². The van der Waals surface area contributed by atoms with Crippen LogP contribution in [0.4, 0.5) is 0 Å². The Hall–Kier alpha value is -1.02. The summed E-state index contributed by atoms with van der Waals surface area (Å²) in [5.41, 5.74) is 2.57. The van der Waals surface area contributed by atoms with Crippen molar-refractivity contribution in [2.45, 2.75) is 50.4 Å². The van der Waals surface area contributed by atoms with Crippen molar-refractivity contribution in [3.63, 3.8) is 0 Å². The van der Waals surface area contributed by atoms with Crippen molar-refractivity contribution in [2.24, 2.45) is 0 Å². The van der Waals surface area contributed by atoms with Gasteiger partial charge in [-0.3, -0.25) is 0 Å². The van der Waals surface area contributed by atoms with Crippen LogP contribution in [0, 0.1) is 0 Å². The number of fused-ring (bicyclic) bond motifs is 1. The molecule has 18 heavy (non-hydrogen) atoms. The summed E-state index contributed by atoms with van der Waals surface area (Å²) in [6.45, 7) is 4.29. The van der Waals surface area contributed by atoms with Gasteiger partial charge in [0.15, 0.2) is 0 Å². The van der Waals surface area contributed by atoms with E-state index in [4.69, 9.17) is 16.6 Å². The second-order valence-electron chi connectivity index (χ2n) is 5.34. The fourth-order valence-corrected chi connectivity index (χ4v) is 3.28. The molecule has 2 nitrogen and oxygen atoms in total. The quantitative estimate of drug-likeness (QED) is 0.738. The van der Waals surface area contributed by atoms with E-state index in [0.29, 0.717) is 0 Å². The van der Waals surface area contributed by atoms with Crippen LogP contribution >= 0.6 is 11.6 Å². The molecule has 0 bridgehead atoms. The zero-order valence-corrected chi connectivity index (χ0v) is 11.7. The van der Waals surface area contributed by atoms with Crippen LogP contribution in [-0.2, 0) is 5.54 Å². The molecule has 0 N–H and O–H groups in total. The third kappa shape index (κ3) is 1.58. The van der Waals surface area contributed by atoms with Crippen molar-refractivity contribution in [1.29, 1.82) is 0 Å². The number of hydrogen-bond acceptors (Lipinski definition) is 1. The van der Waals surface area contributed by atoms with Gasteiger partial charge in [0.1, 0.15) is 5.82 Å². The van der Waals surface area contributed by atoms with E-state index >= 15 is 0 Å². The van der Waals surface area contributed by atoms with Gasteiger partial charge in [0.2, 0.25) is 0 Å². The first-order valence-corrected chi connectivity index (χ1v) is 7.23. The standard InChI is InChI=1S/C15H19ClN2/c1-3-15(9-6-10-15)18-13-8-5-4-7-12(13)17-14(18)11(2)16/h4-5,7-8,11H,3,6,9-10H2,1-2H3. The van der Waals surface area contributed by atoms with Crippen LogP contribution in [0.5, 0.6) is 0 Å². The maximum Gasteiger partial charge on any atom is 0.128 e. The first-order chi connectivity index (χ1) is 8.68. The van der Waals surface area contributed by atoms with Crippen LogP contribution in [0.25, 0.3) is 11.0 Å². The lowest BCUT2D eigenvalue weighted by atomic mass is 9.74. The van der Waals surface area contributed by atoms with Gasteiger partial charge in [0.05, 0.1) is 16.4 Å². The minimum atomic E-state index is -0.0403. The fourth-order valence-electron chi connectivity index (χ4n) is 3.13. The molecule has 1 aliphatic carbocycles. The van der Waals surface area contributed by atoms with E-state index in [1.165, 1.54) is 24.8 Å². The van der Waals surface area contributed by atoms with E-state index < -0.39 is 0 Å². The molecule has 3 heteroatoms. The zero-order valence-electron chi connectivity index (χ0n) is 11.0. The Morgan fingerprint density at radius 2 is 2.11 bits per heavy atom.